The summed E-state index contributed by atoms with van der Waals surface area (Å²) in [6.07, 6.45) is 0.758. The van der Waals surface area contributed by atoms with Gasteiger partial charge < -0.3 is 14.6 Å². The molecule has 0 saturated carbocycles. The third-order valence-electron chi connectivity index (χ3n) is 2.31. The van der Waals surface area contributed by atoms with Gasteiger partial charge in [-0.05, 0) is 41.0 Å². The molecule has 0 spiro atoms. The molecule has 1 N–H and O–H groups in total. The second kappa shape index (κ2) is 6.36. The number of esters is 1. The van der Waals surface area contributed by atoms with E-state index in [2.05, 4.69) is 0 Å². The van der Waals surface area contributed by atoms with Gasteiger partial charge in [-0.25, -0.2) is 4.79 Å². The van der Waals surface area contributed by atoms with Crippen LogP contribution in [0.1, 0.15) is 54.4 Å². The van der Waals surface area contributed by atoms with E-state index in [1.807, 2.05) is 6.92 Å². The van der Waals surface area contributed by atoms with Crippen molar-refractivity contribution >= 4 is 5.97 Å². The molecule has 0 rings (SSSR count). The zero-order valence-electron chi connectivity index (χ0n) is 11.9. The highest BCUT2D eigenvalue weighted by molar-refractivity contribution is 5.78. The molecular formula is C13H26O4. The monoisotopic (exact) mass is 246 g/mol. The molecule has 1 atom stereocenters. The Morgan fingerprint density at radius 3 is 2.24 bits per heavy atom. The summed E-state index contributed by atoms with van der Waals surface area (Å²) in [5, 5.41) is 9.32. The molecule has 0 aromatic heterocycles. The quantitative estimate of drug-likeness (QED) is 0.700. The van der Waals surface area contributed by atoms with Gasteiger partial charge in [-0.3, -0.25) is 0 Å². The average molecular weight is 246 g/mol. The summed E-state index contributed by atoms with van der Waals surface area (Å²) >= 11 is 0. The maximum absolute atomic E-state index is 11.9. The lowest BCUT2D eigenvalue weighted by Gasteiger charge is -2.31. The van der Waals surface area contributed by atoms with E-state index < -0.39 is 23.3 Å². The molecule has 0 aromatic rings. The van der Waals surface area contributed by atoms with E-state index in [4.69, 9.17) is 9.47 Å². The number of aliphatic hydroxyl groups excluding tert-OH is 1. The minimum Gasteiger partial charge on any atom is -0.457 e. The van der Waals surface area contributed by atoms with Crippen molar-refractivity contribution in [1.82, 2.24) is 0 Å². The van der Waals surface area contributed by atoms with Crippen LogP contribution < -0.4 is 0 Å². The highest BCUT2D eigenvalue weighted by Gasteiger charge is 2.35. The number of hydrogen-bond acceptors (Lipinski definition) is 4. The van der Waals surface area contributed by atoms with E-state index in [-0.39, 0.29) is 0 Å². The van der Waals surface area contributed by atoms with E-state index in [1.165, 1.54) is 0 Å². The van der Waals surface area contributed by atoms with Crippen molar-refractivity contribution in [2.75, 3.05) is 6.61 Å². The van der Waals surface area contributed by atoms with Crippen LogP contribution in [-0.4, -0.2) is 35.0 Å². The summed E-state index contributed by atoms with van der Waals surface area (Å²) < 4.78 is 10.8. The summed E-state index contributed by atoms with van der Waals surface area (Å²) in [7, 11) is 0. The molecule has 0 heterocycles. The first-order valence-corrected chi connectivity index (χ1v) is 6.16. The standard InChI is InChI=1S/C13H26O4/c1-7-8-16-13(5,6)11(15)17-12(3,4)9-10(2)14/h10,14H,7-9H2,1-6H3. The van der Waals surface area contributed by atoms with Crippen molar-refractivity contribution < 1.29 is 19.4 Å². The fraction of sp³-hybridized carbons (Fsp3) is 0.923. The minimum atomic E-state index is -0.939. The van der Waals surface area contributed by atoms with Crippen molar-refractivity contribution in [2.24, 2.45) is 0 Å². The van der Waals surface area contributed by atoms with Gasteiger partial charge in [0.1, 0.15) is 5.60 Å². The van der Waals surface area contributed by atoms with Crippen molar-refractivity contribution in [2.45, 2.75) is 71.7 Å². The highest BCUT2D eigenvalue weighted by Crippen LogP contribution is 2.22. The molecule has 4 nitrogen and oxygen atoms in total. The van der Waals surface area contributed by atoms with Gasteiger partial charge in [0.25, 0.3) is 0 Å². The van der Waals surface area contributed by atoms with Crippen LogP contribution in [0.5, 0.6) is 0 Å². The summed E-state index contributed by atoms with van der Waals surface area (Å²) in [4.78, 5) is 11.9. The van der Waals surface area contributed by atoms with Gasteiger partial charge in [-0.15, -0.1) is 0 Å². The van der Waals surface area contributed by atoms with Gasteiger partial charge >= 0.3 is 5.97 Å². The van der Waals surface area contributed by atoms with E-state index in [9.17, 15) is 9.90 Å². The zero-order valence-corrected chi connectivity index (χ0v) is 11.9. The van der Waals surface area contributed by atoms with Gasteiger partial charge in [0.15, 0.2) is 5.60 Å². The summed E-state index contributed by atoms with van der Waals surface area (Å²) in [6, 6.07) is 0. The Morgan fingerprint density at radius 2 is 1.82 bits per heavy atom. The largest absolute Gasteiger partial charge is 0.457 e. The molecule has 0 radical (unpaired) electrons. The second-order valence-electron chi connectivity index (χ2n) is 5.56. The Balaban J connectivity index is 4.41. The molecular weight excluding hydrogens is 220 g/mol. The summed E-state index contributed by atoms with van der Waals surface area (Å²) in [5.74, 6) is -0.392. The molecule has 4 heteroatoms. The van der Waals surface area contributed by atoms with Gasteiger partial charge in [0, 0.05) is 13.0 Å². The maximum atomic E-state index is 11.9. The summed E-state index contributed by atoms with van der Waals surface area (Å²) in [5.41, 5.74) is -1.62. The van der Waals surface area contributed by atoms with Crippen LogP contribution in [0.4, 0.5) is 0 Å². The lowest BCUT2D eigenvalue weighted by atomic mass is 10.0. The lowest BCUT2D eigenvalue weighted by molar-refractivity contribution is -0.183. The summed E-state index contributed by atoms with van der Waals surface area (Å²) in [6.45, 7) is 11.2. The first kappa shape index (κ1) is 16.4. The fourth-order valence-corrected chi connectivity index (χ4v) is 1.54. The highest BCUT2D eigenvalue weighted by atomic mass is 16.6. The van der Waals surface area contributed by atoms with Crippen LogP contribution in [0.3, 0.4) is 0 Å². The van der Waals surface area contributed by atoms with Gasteiger partial charge in [-0.1, -0.05) is 6.92 Å². The number of ether oxygens (including phenoxy) is 2. The second-order valence-corrected chi connectivity index (χ2v) is 5.56. The average Bonchev–Trinajstić information content (AvgIpc) is 2.11. The fourth-order valence-electron chi connectivity index (χ4n) is 1.54. The molecule has 0 fully saturated rings. The van der Waals surface area contributed by atoms with Crippen LogP contribution in [0.2, 0.25) is 0 Å². The van der Waals surface area contributed by atoms with Crippen LogP contribution in [-0.2, 0) is 14.3 Å². The molecule has 0 aliphatic heterocycles. The first-order valence-electron chi connectivity index (χ1n) is 6.16. The molecule has 17 heavy (non-hydrogen) atoms. The molecule has 0 aliphatic rings. The maximum Gasteiger partial charge on any atom is 0.338 e. The topological polar surface area (TPSA) is 55.8 Å². The number of aliphatic hydroxyl groups is 1. The van der Waals surface area contributed by atoms with Crippen LogP contribution in [0, 0.1) is 0 Å². The van der Waals surface area contributed by atoms with Crippen LogP contribution >= 0.6 is 0 Å². The first-order chi connectivity index (χ1) is 7.60. The Kier molecular flexibility index (Phi) is 6.13. The third kappa shape index (κ3) is 6.64. The SMILES string of the molecule is CCCOC(C)(C)C(=O)OC(C)(C)CC(C)O. The van der Waals surface area contributed by atoms with Crippen LogP contribution in [0.25, 0.3) is 0 Å². The molecule has 0 aromatic carbocycles. The van der Waals surface area contributed by atoms with Crippen molar-refractivity contribution in [1.29, 1.82) is 0 Å². The molecule has 1 unspecified atom stereocenters. The Hall–Kier alpha value is -0.610. The minimum absolute atomic E-state index is 0.392. The third-order valence-corrected chi connectivity index (χ3v) is 2.31. The predicted octanol–water partition coefficient (Wildman–Crippen LogP) is 2.28. The lowest BCUT2D eigenvalue weighted by Crippen LogP contribution is -2.43. The van der Waals surface area contributed by atoms with E-state index >= 15 is 0 Å². The number of carbonyl (C=O) groups is 1. The Morgan fingerprint density at radius 1 is 1.29 bits per heavy atom. The van der Waals surface area contributed by atoms with Gasteiger partial charge in [-0.2, -0.15) is 0 Å². The van der Waals surface area contributed by atoms with Crippen molar-refractivity contribution in [3.05, 3.63) is 0 Å². The number of hydrogen-bond donors (Lipinski definition) is 1. The van der Waals surface area contributed by atoms with Crippen LogP contribution in [0.15, 0.2) is 0 Å². The number of carbonyl (C=O) groups excluding carboxylic acids is 1. The molecule has 0 aliphatic carbocycles. The Labute approximate surface area is 104 Å². The molecule has 0 bridgehead atoms. The molecule has 0 saturated heterocycles. The predicted molar refractivity (Wildman–Crippen MR) is 66.8 cm³/mol. The van der Waals surface area contributed by atoms with Gasteiger partial charge in [0.2, 0.25) is 0 Å². The van der Waals surface area contributed by atoms with E-state index in [1.54, 1.807) is 34.6 Å². The normalized spacial score (nSPS) is 14.5. The van der Waals surface area contributed by atoms with Crippen molar-refractivity contribution in [3.63, 3.8) is 0 Å². The van der Waals surface area contributed by atoms with Crippen molar-refractivity contribution in [3.8, 4) is 0 Å². The molecule has 0 amide bonds. The molecule has 102 valence electrons. The zero-order chi connectivity index (χ0) is 13.7. The van der Waals surface area contributed by atoms with E-state index in [0.29, 0.717) is 13.0 Å². The Bertz CT molecular complexity index is 244. The van der Waals surface area contributed by atoms with E-state index in [0.717, 1.165) is 6.42 Å². The number of rotatable bonds is 7. The smallest absolute Gasteiger partial charge is 0.338 e. The van der Waals surface area contributed by atoms with Gasteiger partial charge in [0.05, 0.1) is 6.10 Å².